The molecule has 1 aromatic heterocycles. The molecule has 1 N–H and O–H groups in total. The van der Waals surface area contributed by atoms with Crippen molar-refractivity contribution in [3.05, 3.63) is 53.0 Å². The van der Waals surface area contributed by atoms with Gasteiger partial charge in [0, 0.05) is 17.7 Å². The maximum Gasteiger partial charge on any atom is 0.109 e. The molecule has 0 bridgehead atoms. The van der Waals surface area contributed by atoms with Crippen molar-refractivity contribution in [2.45, 2.75) is 39.2 Å². The van der Waals surface area contributed by atoms with Crippen LogP contribution in [0, 0.1) is 13.8 Å². The van der Waals surface area contributed by atoms with Crippen molar-refractivity contribution >= 4 is 5.69 Å². The fourth-order valence-electron chi connectivity index (χ4n) is 2.90. The van der Waals surface area contributed by atoms with E-state index < -0.39 is 0 Å². The normalized spacial score (nSPS) is 18.4. The number of nitrogens with one attached hydrogen (secondary N) is 1. The van der Waals surface area contributed by atoms with Crippen molar-refractivity contribution in [3.8, 4) is 0 Å². The third-order valence-corrected chi connectivity index (χ3v) is 3.61. The van der Waals surface area contributed by atoms with Gasteiger partial charge in [0.15, 0.2) is 0 Å². The van der Waals surface area contributed by atoms with Crippen LogP contribution in [0.1, 0.15) is 41.3 Å². The number of anilines is 1. The zero-order valence-electron chi connectivity index (χ0n) is 11.0. The van der Waals surface area contributed by atoms with Crippen molar-refractivity contribution < 1.29 is 4.42 Å². The van der Waals surface area contributed by atoms with E-state index in [0.29, 0.717) is 6.04 Å². The van der Waals surface area contributed by atoms with Crippen LogP contribution in [-0.4, -0.2) is 0 Å². The first-order valence-corrected chi connectivity index (χ1v) is 6.63. The molecule has 0 saturated carbocycles. The van der Waals surface area contributed by atoms with Crippen LogP contribution in [-0.2, 0) is 6.42 Å². The molecule has 2 nitrogen and oxygen atoms in total. The molecule has 0 saturated heterocycles. The lowest BCUT2D eigenvalue weighted by molar-refractivity contribution is 0.461. The predicted molar refractivity (Wildman–Crippen MR) is 73.9 cm³/mol. The molecule has 1 atom stereocenters. The SMILES string of the molecule is Cc1cc(C)cc(NC2CCCc3occc32)c1. The van der Waals surface area contributed by atoms with Crippen molar-refractivity contribution in [1.82, 2.24) is 0 Å². The monoisotopic (exact) mass is 241 g/mol. The van der Waals surface area contributed by atoms with Gasteiger partial charge in [0.1, 0.15) is 5.76 Å². The maximum atomic E-state index is 5.53. The topological polar surface area (TPSA) is 25.2 Å². The van der Waals surface area contributed by atoms with E-state index in [9.17, 15) is 0 Å². The van der Waals surface area contributed by atoms with Crippen molar-refractivity contribution in [3.63, 3.8) is 0 Å². The second kappa shape index (κ2) is 4.52. The summed E-state index contributed by atoms with van der Waals surface area (Å²) in [5, 5.41) is 3.64. The molecule has 0 fully saturated rings. The minimum absolute atomic E-state index is 0.397. The van der Waals surface area contributed by atoms with Gasteiger partial charge >= 0.3 is 0 Å². The van der Waals surface area contributed by atoms with Crippen LogP contribution >= 0.6 is 0 Å². The van der Waals surface area contributed by atoms with Crippen molar-refractivity contribution in [2.24, 2.45) is 0 Å². The zero-order chi connectivity index (χ0) is 12.5. The van der Waals surface area contributed by atoms with Gasteiger partial charge in [0.2, 0.25) is 0 Å². The summed E-state index contributed by atoms with van der Waals surface area (Å²) in [4.78, 5) is 0. The second-order valence-electron chi connectivity index (χ2n) is 5.26. The van der Waals surface area contributed by atoms with E-state index >= 15 is 0 Å². The quantitative estimate of drug-likeness (QED) is 0.843. The maximum absolute atomic E-state index is 5.53. The Kier molecular flexibility index (Phi) is 2.86. The number of aryl methyl sites for hydroxylation is 3. The van der Waals surface area contributed by atoms with Gasteiger partial charge in [-0.25, -0.2) is 0 Å². The summed E-state index contributed by atoms with van der Waals surface area (Å²) in [6.07, 6.45) is 5.27. The number of benzene rings is 1. The lowest BCUT2D eigenvalue weighted by atomic mass is 9.93. The van der Waals surface area contributed by atoms with E-state index in [4.69, 9.17) is 4.42 Å². The highest BCUT2D eigenvalue weighted by molar-refractivity contribution is 5.50. The van der Waals surface area contributed by atoms with Gasteiger partial charge in [-0.05, 0) is 56.0 Å². The third-order valence-electron chi connectivity index (χ3n) is 3.61. The fraction of sp³-hybridized carbons (Fsp3) is 0.375. The summed E-state index contributed by atoms with van der Waals surface area (Å²) in [5.74, 6) is 1.16. The van der Waals surface area contributed by atoms with Gasteiger partial charge < -0.3 is 9.73 Å². The largest absolute Gasteiger partial charge is 0.469 e. The van der Waals surface area contributed by atoms with Crippen molar-refractivity contribution in [1.29, 1.82) is 0 Å². The standard InChI is InChI=1S/C16H19NO/c1-11-8-12(2)10-13(9-11)17-15-4-3-5-16-14(15)6-7-18-16/h6-10,15,17H,3-5H2,1-2H3. The summed E-state index contributed by atoms with van der Waals surface area (Å²) >= 11 is 0. The Morgan fingerprint density at radius 3 is 2.72 bits per heavy atom. The molecule has 0 spiro atoms. The molecule has 1 heterocycles. The first kappa shape index (κ1) is 11.4. The smallest absolute Gasteiger partial charge is 0.109 e. The Balaban J connectivity index is 1.86. The predicted octanol–water partition coefficient (Wildman–Crippen LogP) is 4.39. The summed E-state index contributed by atoms with van der Waals surface area (Å²) < 4.78 is 5.53. The van der Waals surface area contributed by atoms with Gasteiger partial charge in [0.25, 0.3) is 0 Å². The van der Waals surface area contributed by atoms with E-state index in [1.807, 2.05) is 6.26 Å². The van der Waals surface area contributed by atoms with Crippen LogP contribution in [0.4, 0.5) is 5.69 Å². The molecule has 18 heavy (non-hydrogen) atoms. The summed E-state index contributed by atoms with van der Waals surface area (Å²) in [6, 6.07) is 9.13. The van der Waals surface area contributed by atoms with Crippen LogP contribution in [0.25, 0.3) is 0 Å². The van der Waals surface area contributed by atoms with Crippen molar-refractivity contribution in [2.75, 3.05) is 5.32 Å². The average Bonchev–Trinajstić information content (AvgIpc) is 2.76. The number of rotatable bonds is 2. The Bertz CT molecular complexity index is 536. The number of furan rings is 1. The van der Waals surface area contributed by atoms with Crippen LogP contribution < -0.4 is 5.32 Å². The minimum atomic E-state index is 0.397. The molecule has 94 valence electrons. The highest BCUT2D eigenvalue weighted by Crippen LogP contribution is 2.33. The van der Waals surface area contributed by atoms with Gasteiger partial charge in [-0.1, -0.05) is 6.07 Å². The van der Waals surface area contributed by atoms with Gasteiger partial charge in [-0.15, -0.1) is 0 Å². The summed E-state index contributed by atoms with van der Waals surface area (Å²) in [7, 11) is 0. The molecule has 0 radical (unpaired) electrons. The van der Waals surface area contributed by atoms with Crippen LogP contribution in [0.2, 0.25) is 0 Å². The first-order chi connectivity index (χ1) is 8.72. The molecule has 1 aliphatic carbocycles. The fourth-order valence-corrected chi connectivity index (χ4v) is 2.90. The highest BCUT2D eigenvalue weighted by atomic mass is 16.3. The average molecular weight is 241 g/mol. The van der Waals surface area contributed by atoms with E-state index in [2.05, 4.69) is 43.4 Å². The Labute approximate surface area is 108 Å². The minimum Gasteiger partial charge on any atom is -0.469 e. The molecule has 3 rings (SSSR count). The molecule has 2 heteroatoms. The second-order valence-corrected chi connectivity index (χ2v) is 5.26. The Morgan fingerprint density at radius 2 is 1.94 bits per heavy atom. The number of hydrogen-bond donors (Lipinski definition) is 1. The zero-order valence-corrected chi connectivity index (χ0v) is 11.0. The van der Waals surface area contributed by atoms with E-state index in [1.165, 1.54) is 35.2 Å². The summed E-state index contributed by atoms with van der Waals surface area (Å²) in [5.41, 5.74) is 5.16. The number of fused-ring (bicyclic) bond motifs is 1. The van der Waals surface area contributed by atoms with E-state index in [-0.39, 0.29) is 0 Å². The molecule has 0 aliphatic heterocycles. The van der Waals surface area contributed by atoms with Crippen LogP contribution in [0.3, 0.4) is 0 Å². The molecular weight excluding hydrogens is 222 g/mol. The van der Waals surface area contributed by atoms with E-state index in [0.717, 1.165) is 12.2 Å². The Hall–Kier alpha value is -1.70. The Morgan fingerprint density at radius 1 is 1.17 bits per heavy atom. The van der Waals surface area contributed by atoms with E-state index in [1.54, 1.807) is 0 Å². The van der Waals surface area contributed by atoms with Gasteiger partial charge in [-0.2, -0.15) is 0 Å². The lowest BCUT2D eigenvalue weighted by Gasteiger charge is -2.24. The molecule has 0 amide bonds. The van der Waals surface area contributed by atoms with Crippen LogP contribution in [0.5, 0.6) is 0 Å². The molecule has 2 aromatic rings. The molecule has 1 unspecified atom stereocenters. The molecular formula is C16H19NO. The molecule has 1 aromatic carbocycles. The third kappa shape index (κ3) is 2.15. The first-order valence-electron chi connectivity index (χ1n) is 6.63. The number of hydrogen-bond acceptors (Lipinski definition) is 2. The lowest BCUT2D eigenvalue weighted by Crippen LogP contribution is -2.16. The highest BCUT2D eigenvalue weighted by Gasteiger charge is 2.22. The molecule has 1 aliphatic rings. The summed E-state index contributed by atoms with van der Waals surface area (Å²) in [6.45, 7) is 4.28. The van der Waals surface area contributed by atoms with Crippen LogP contribution in [0.15, 0.2) is 34.9 Å². The van der Waals surface area contributed by atoms with Gasteiger partial charge in [-0.3, -0.25) is 0 Å². The van der Waals surface area contributed by atoms with Gasteiger partial charge in [0.05, 0.1) is 12.3 Å².